The van der Waals surface area contributed by atoms with Crippen LogP contribution in [0.15, 0.2) is 30.3 Å². The third-order valence-corrected chi connectivity index (χ3v) is 5.41. The lowest BCUT2D eigenvalue weighted by molar-refractivity contribution is -0.132. The first-order valence-electron chi connectivity index (χ1n) is 10.3. The SMILES string of the molecule is CCCC(C)NC(=O)CN1CCNC(=O)C1c1c(C)nn(-c2ccccc2)c1C. The molecule has 0 radical (unpaired) electrons. The van der Waals surface area contributed by atoms with Crippen molar-refractivity contribution in [3.63, 3.8) is 0 Å². The number of nitrogens with zero attached hydrogens (tertiary/aromatic N) is 3. The zero-order valence-corrected chi connectivity index (χ0v) is 17.7. The predicted octanol–water partition coefficient (Wildman–Crippen LogP) is 2.27. The molecule has 1 aromatic heterocycles. The van der Waals surface area contributed by atoms with Crippen LogP contribution < -0.4 is 10.6 Å². The Morgan fingerprint density at radius 1 is 1.31 bits per heavy atom. The van der Waals surface area contributed by atoms with Gasteiger partial charge in [0.1, 0.15) is 6.04 Å². The number of carbonyl (C=O) groups excluding carboxylic acids is 2. The molecule has 0 aliphatic carbocycles. The summed E-state index contributed by atoms with van der Waals surface area (Å²) in [5.41, 5.74) is 3.55. The summed E-state index contributed by atoms with van der Waals surface area (Å²) in [7, 11) is 0. The van der Waals surface area contributed by atoms with Crippen LogP contribution in [0.2, 0.25) is 0 Å². The van der Waals surface area contributed by atoms with Crippen molar-refractivity contribution in [2.24, 2.45) is 0 Å². The molecular formula is C22H31N5O2. The van der Waals surface area contributed by atoms with Gasteiger partial charge < -0.3 is 10.6 Å². The van der Waals surface area contributed by atoms with Crippen LogP contribution in [-0.4, -0.2) is 52.2 Å². The summed E-state index contributed by atoms with van der Waals surface area (Å²) >= 11 is 0. The maximum absolute atomic E-state index is 12.8. The van der Waals surface area contributed by atoms with Crippen LogP contribution in [0, 0.1) is 13.8 Å². The van der Waals surface area contributed by atoms with E-state index in [0.717, 1.165) is 35.5 Å². The third kappa shape index (κ3) is 4.67. The summed E-state index contributed by atoms with van der Waals surface area (Å²) in [6.45, 7) is 9.38. The number of benzene rings is 1. The van der Waals surface area contributed by atoms with Crippen LogP contribution in [0.3, 0.4) is 0 Å². The number of hydrogen-bond donors (Lipinski definition) is 2. The molecule has 1 aliphatic heterocycles. The number of hydrogen-bond acceptors (Lipinski definition) is 4. The molecule has 29 heavy (non-hydrogen) atoms. The van der Waals surface area contributed by atoms with Gasteiger partial charge in [0, 0.05) is 30.4 Å². The molecule has 3 rings (SSSR count). The second kappa shape index (κ2) is 9.22. The molecular weight excluding hydrogens is 366 g/mol. The number of piperazine rings is 1. The van der Waals surface area contributed by atoms with Gasteiger partial charge in [-0.05, 0) is 39.3 Å². The highest BCUT2D eigenvalue weighted by atomic mass is 16.2. The van der Waals surface area contributed by atoms with E-state index in [9.17, 15) is 9.59 Å². The summed E-state index contributed by atoms with van der Waals surface area (Å²) in [6.07, 6.45) is 1.96. The average Bonchev–Trinajstić information content (AvgIpc) is 2.97. The van der Waals surface area contributed by atoms with Crippen molar-refractivity contribution in [2.45, 2.75) is 52.6 Å². The van der Waals surface area contributed by atoms with Crippen LogP contribution in [0.1, 0.15) is 49.7 Å². The standard InChI is InChI=1S/C22H31N5O2/c1-5-9-15(2)24-19(28)14-26-13-12-23-22(29)21(26)20-16(3)25-27(17(20)4)18-10-7-6-8-11-18/h6-8,10-11,15,21H,5,9,12-14H2,1-4H3,(H,23,29)(H,24,28). The van der Waals surface area contributed by atoms with Gasteiger partial charge in [-0.15, -0.1) is 0 Å². The fourth-order valence-electron chi connectivity index (χ4n) is 4.08. The Hall–Kier alpha value is -2.67. The Morgan fingerprint density at radius 3 is 2.72 bits per heavy atom. The predicted molar refractivity (Wildman–Crippen MR) is 113 cm³/mol. The number of carbonyl (C=O) groups is 2. The Balaban J connectivity index is 1.87. The number of rotatable bonds is 7. The van der Waals surface area contributed by atoms with E-state index in [1.807, 2.05) is 60.7 Å². The highest BCUT2D eigenvalue weighted by Gasteiger charge is 2.36. The number of para-hydroxylation sites is 1. The summed E-state index contributed by atoms with van der Waals surface area (Å²) in [4.78, 5) is 27.4. The molecule has 0 bridgehead atoms. The fourth-order valence-corrected chi connectivity index (χ4v) is 4.08. The van der Waals surface area contributed by atoms with Gasteiger partial charge in [-0.2, -0.15) is 5.10 Å². The second-order valence-corrected chi connectivity index (χ2v) is 7.75. The molecule has 0 saturated carbocycles. The number of aromatic nitrogens is 2. The Bertz CT molecular complexity index is 862. The molecule has 0 spiro atoms. The molecule has 2 atom stereocenters. The van der Waals surface area contributed by atoms with Crippen molar-refractivity contribution in [3.8, 4) is 5.69 Å². The Labute approximate surface area is 172 Å². The zero-order chi connectivity index (χ0) is 21.0. The van der Waals surface area contributed by atoms with Gasteiger partial charge in [0.05, 0.1) is 17.9 Å². The van der Waals surface area contributed by atoms with Crippen molar-refractivity contribution in [1.82, 2.24) is 25.3 Å². The van der Waals surface area contributed by atoms with E-state index in [2.05, 4.69) is 22.7 Å². The van der Waals surface area contributed by atoms with Crippen molar-refractivity contribution in [2.75, 3.05) is 19.6 Å². The molecule has 2 unspecified atom stereocenters. The first-order chi connectivity index (χ1) is 13.9. The average molecular weight is 398 g/mol. The molecule has 1 aliphatic rings. The highest BCUT2D eigenvalue weighted by molar-refractivity contribution is 5.86. The third-order valence-electron chi connectivity index (χ3n) is 5.41. The van der Waals surface area contributed by atoms with Gasteiger partial charge in [0.25, 0.3) is 0 Å². The van der Waals surface area contributed by atoms with E-state index in [0.29, 0.717) is 13.1 Å². The smallest absolute Gasteiger partial charge is 0.242 e. The Kier molecular flexibility index (Phi) is 6.69. The summed E-state index contributed by atoms with van der Waals surface area (Å²) < 4.78 is 1.87. The first-order valence-corrected chi connectivity index (χ1v) is 10.3. The summed E-state index contributed by atoms with van der Waals surface area (Å²) in [6, 6.07) is 9.49. The molecule has 2 aromatic rings. The number of aryl methyl sites for hydroxylation is 1. The summed E-state index contributed by atoms with van der Waals surface area (Å²) in [5.74, 6) is -0.124. The molecule has 1 fully saturated rings. The second-order valence-electron chi connectivity index (χ2n) is 7.75. The minimum absolute atomic E-state index is 0.0450. The minimum atomic E-state index is -0.520. The van der Waals surface area contributed by atoms with Crippen LogP contribution in [0.25, 0.3) is 5.69 Å². The maximum atomic E-state index is 12.8. The quantitative estimate of drug-likeness (QED) is 0.751. The normalized spacial score (nSPS) is 18.3. The number of amides is 2. The van der Waals surface area contributed by atoms with Gasteiger partial charge >= 0.3 is 0 Å². The van der Waals surface area contributed by atoms with Crippen molar-refractivity contribution >= 4 is 11.8 Å². The topological polar surface area (TPSA) is 79.3 Å². The van der Waals surface area contributed by atoms with Crippen LogP contribution in [-0.2, 0) is 9.59 Å². The molecule has 7 heteroatoms. The van der Waals surface area contributed by atoms with Gasteiger partial charge in [-0.3, -0.25) is 14.5 Å². The van der Waals surface area contributed by atoms with Crippen molar-refractivity contribution in [1.29, 1.82) is 0 Å². The van der Waals surface area contributed by atoms with Gasteiger partial charge in [-0.25, -0.2) is 4.68 Å². The lowest BCUT2D eigenvalue weighted by Gasteiger charge is -2.35. The van der Waals surface area contributed by atoms with Crippen molar-refractivity contribution < 1.29 is 9.59 Å². The molecule has 2 heterocycles. The number of nitrogens with one attached hydrogen (secondary N) is 2. The molecule has 2 amide bonds. The van der Waals surface area contributed by atoms with E-state index in [1.54, 1.807) is 0 Å². The van der Waals surface area contributed by atoms with Gasteiger partial charge in [-0.1, -0.05) is 31.5 Å². The van der Waals surface area contributed by atoms with E-state index in [4.69, 9.17) is 0 Å². The van der Waals surface area contributed by atoms with Crippen LogP contribution >= 0.6 is 0 Å². The molecule has 156 valence electrons. The van der Waals surface area contributed by atoms with E-state index >= 15 is 0 Å². The summed E-state index contributed by atoms with van der Waals surface area (Å²) in [5, 5.41) is 10.7. The lowest BCUT2D eigenvalue weighted by atomic mass is 10.00. The minimum Gasteiger partial charge on any atom is -0.353 e. The van der Waals surface area contributed by atoms with Gasteiger partial charge in [0.15, 0.2) is 0 Å². The largest absolute Gasteiger partial charge is 0.353 e. The fraction of sp³-hybridized carbons (Fsp3) is 0.500. The van der Waals surface area contributed by atoms with Crippen molar-refractivity contribution in [3.05, 3.63) is 47.3 Å². The highest BCUT2D eigenvalue weighted by Crippen LogP contribution is 2.30. The lowest BCUT2D eigenvalue weighted by Crippen LogP contribution is -2.53. The molecule has 2 N–H and O–H groups in total. The first kappa shape index (κ1) is 21.0. The molecule has 1 aromatic carbocycles. The van der Waals surface area contributed by atoms with E-state index < -0.39 is 6.04 Å². The zero-order valence-electron chi connectivity index (χ0n) is 17.7. The van der Waals surface area contributed by atoms with E-state index in [-0.39, 0.29) is 24.4 Å². The van der Waals surface area contributed by atoms with Gasteiger partial charge in [0.2, 0.25) is 11.8 Å². The Morgan fingerprint density at radius 2 is 2.03 bits per heavy atom. The maximum Gasteiger partial charge on any atom is 0.242 e. The van der Waals surface area contributed by atoms with E-state index in [1.165, 1.54) is 0 Å². The van der Waals surface area contributed by atoms with Crippen LogP contribution in [0.5, 0.6) is 0 Å². The van der Waals surface area contributed by atoms with Crippen LogP contribution in [0.4, 0.5) is 0 Å². The monoisotopic (exact) mass is 397 g/mol. The molecule has 1 saturated heterocycles. The molecule has 7 nitrogen and oxygen atoms in total.